The number of alkyl halides is 3. The molecule has 5 heteroatoms. The van der Waals surface area contributed by atoms with Crippen LogP contribution in [0.25, 0.3) is 21.2 Å². The molecule has 1 heterocycles. The molecule has 0 atom stereocenters. The Morgan fingerprint density at radius 3 is 2.46 bits per heavy atom. The zero-order valence-corrected chi connectivity index (χ0v) is 15.0. The molecule has 0 bridgehead atoms. The van der Waals surface area contributed by atoms with Gasteiger partial charge in [-0.05, 0) is 43.2 Å². The van der Waals surface area contributed by atoms with Gasteiger partial charge in [0.25, 0.3) is 0 Å². The maximum Gasteiger partial charge on any atom is 0.416 e. The average molecular weight is 374 g/mol. The van der Waals surface area contributed by atoms with Crippen LogP contribution in [0, 0.1) is 18.8 Å². The lowest BCUT2D eigenvalue weighted by atomic mass is 10.00. The second kappa shape index (κ2) is 7.53. The van der Waals surface area contributed by atoms with Crippen LogP contribution in [0.4, 0.5) is 13.2 Å². The van der Waals surface area contributed by atoms with E-state index >= 15 is 0 Å². The van der Waals surface area contributed by atoms with Gasteiger partial charge in [0, 0.05) is 39.1 Å². The van der Waals surface area contributed by atoms with Gasteiger partial charge in [-0.25, -0.2) is 0 Å². The Kier molecular flexibility index (Phi) is 5.36. The van der Waals surface area contributed by atoms with Gasteiger partial charge in [0.05, 0.1) is 5.56 Å². The van der Waals surface area contributed by atoms with E-state index in [-0.39, 0.29) is 6.61 Å². The van der Waals surface area contributed by atoms with E-state index in [0.29, 0.717) is 12.8 Å². The molecule has 0 aliphatic rings. The fraction of sp³-hybridized carbons (Fsp3) is 0.238. The molecule has 0 saturated carbocycles. The lowest BCUT2D eigenvalue weighted by Crippen LogP contribution is -2.03. The first-order valence-electron chi connectivity index (χ1n) is 8.20. The SMILES string of the molecule is Cc1sc2cc(C#CCCCO)ccc2c1-c1ccc(C(F)(F)F)cc1. The number of benzene rings is 2. The van der Waals surface area contributed by atoms with Crippen LogP contribution < -0.4 is 0 Å². The van der Waals surface area contributed by atoms with Crippen molar-refractivity contribution in [2.45, 2.75) is 25.9 Å². The Hall–Kier alpha value is -2.29. The summed E-state index contributed by atoms with van der Waals surface area (Å²) in [5, 5.41) is 9.80. The second-order valence-electron chi connectivity index (χ2n) is 5.95. The fourth-order valence-corrected chi connectivity index (χ4v) is 3.94. The fourth-order valence-electron chi connectivity index (χ4n) is 2.81. The highest BCUT2D eigenvalue weighted by molar-refractivity contribution is 7.19. The van der Waals surface area contributed by atoms with E-state index in [1.165, 1.54) is 12.1 Å². The van der Waals surface area contributed by atoms with E-state index in [1.54, 1.807) is 11.3 Å². The van der Waals surface area contributed by atoms with Crippen molar-refractivity contribution >= 4 is 21.4 Å². The lowest BCUT2D eigenvalue weighted by Gasteiger charge is -2.08. The summed E-state index contributed by atoms with van der Waals surface area (Å²) in [4.78, 5) is 1.06. The van der Waals surface area contributed by atoms with Gasteiger partial charge in [-0.15, -0.1) is 11.3 Å². The van der Waals surface area contributed by atoms with E-state index in [0.717, 1.165) is 43.8 Å². The number of aliphatic hydroxyl groups excluding tert-OH is 1. The Balaban J connectivity index is 1.96. The molecule has 1 aromatic heterocycles. The summed E-state index contributed by atoms with van der Waals surface area (Å²) >= 11 is 1.61. The van der Waals surface area contributed by atoms with Crippen LogP contribution >= 0.6 is 11.3 Å². The Morgan fingerprint density at radius 2 is 1.81 bits per heavy atom. The summed E-state index contributed by atoms with van der Waals surface area (Å²) in [5.74, 6) is 6.11. The van der Waals surface area contributed by atoms with E-state index in [1.807, 2.05) is 25.1 Å². The average Bonchev–Trinajstić information content (AvgIpc) is 2.93. The molecule has 0 fully saturated rings. The predicted molar refractivity (Wildman–Crippen MR) is 100 cm³/mol. The number of fused-ring (bicyclic) bond motifs is 1. The van der Waals surface area contributed by atoms with Gasteiger partial charge in [0.2, 0.25) is 0 Å². The van der Waals surface area contributed by atoms with Gasteiger partial charge in [-0.2, -0.15) is 13.2 Å². The van der Waals surface area contributed by atoms with Crippen molar-refractivity contribution in [3.8, 4) is 23.0 Å². The molecule has 0 saturated heterocycles. The molecule has 0 unspecified atom stereocenters. The quantitative estimate of drug-likeness (QED) is 0.439. The number of unbranched alkanes of at least 4 members (excludes halogenated alkanes) is 1. The predicted octanol–water partition coefficient (Wildman–Crippen LogP) is 6.02. The maximum absolute atomic E-state index is 12.8. The molecule has 134 valence electrons. The summed E-state index contributed by atoms with van der Waals surface area (Å²) in [5.41, 5.74) is 2.01. The number of aryl methyl sites for hydroxylation is 1. The van der Waals surface area contributed by atoms with Gasteiger partial charge < -0.3 is 5.11 Å². The van der Waals surface area contributed by atoms with Crippen LogP contribution in [0.5, 0.6) is 0 Å². The molecular formula is C21H17F3OS. The number of thiophene rings is 1. The zero-order valence-electron chi connectivity index (χ0n) is 14.2. The molecule has 1 N–H and O–H groups in total. The van der Waals surface area contributed by atoms with Crippen LogP contribution in [-0.2, 0) is 6.18 Å². The van der Waals surface area contributed by atoms with Gasteiger partial charge in [0.15, 0.2) is 0 Å². The van der Waals surface area contributed by atoms with E-state index < -0.39 is 11.7 Å². The molecule has 0 spiro atoms. The van der Waals surface area contributed by atoms with Crippen LogP contribution in [0.1, 0.15) is 28.8 Å². The number of aliphatic hydroxyl groups is 1. The standard InChI is InChI=1S/C21H17F3OS/c1-14-20(16-7-9-17(10-8-16)21(22,23)24)18-11-6-15(13-19(18)26-14)5-3-2-4-12-25/h6-11,13,25H,2,4,12H2,1H3. The third-order valence-corrected chi connectivity index (χ3v) is 5.13. The summed E-state index contributed by atoms with van der Waals surface area (Å²) < 4.78 is 39.4. The molecule has 1 nitrogen and oxygen atoms in total. The summed E-state index contributed by atoms with van der Waals surface area (Å²) in [6.45, 7) is 2.11. The number of hydrogen-bond acceptors (Lipinski definition) is 2. The highest BCUT2D eigenvalue weighted by Crippen LogP contribution is 2.39. The van der Waals surface area contributed by atoms with Gasteiger partial charge in [-0.1, -0.05) is 30.0 Å². The van der Waals surface area contributed by atoms with Crippen LogP contribution in [0.2, 0.25) is 0 Å². The third kappa shape index (κ3) is 3.92. The van der Waals surface area contributed by atoms with Crippen molar-refractivity contribution in [2.24, 2.45) is 0 Å². The minimum absolute atomic E-state index is 0.133. The molecule has 2 aromatic carbocycles. The maximum atomic E-state index is 12.8. The van der Waals surface area contributed by atoms with Gasteiger partial charge >= 0.3 is 6.18 Å². The highest BCUT2D eigenvalue weighted by Gasteiger charge is 2.30. The summed E-state index contributed by atoms with van der Waals surface area (Å²) in [6.07, 6.45) is -3.02. The summed E-state index contributed by atoms with van der Waals surface area (Å²) in [7, 11) is 0. The molecule has 0 aliphatic carbocycles. The van der Waals surface area contributed by atoms with Crippen molar-refractivity contribution in [1.29, 1.82) is 0 Å². The van der Waals surface area contributed by atoms with Crippen LogP contribution in [0.3, 0.4) is 0 Å². The van der Waals surface area contributed by atoms with Gasteiger partial charge in [-0.3, -0.25) is 0 Å². The molecule has 0 amide bonds. The molecular weight excluding hydrogens is 357 g/mol. The molecule has 3 aromatic rings. The first-order valence-corrected chi connectivity index (χ1v) is 9.02. The lowest BCUT2D eigenvalue weighted by molar-refractivity contribution is -0.137. The third-order valence-electron chi connectivity index (χ3n) is 4.06. The van der Waals surface area contributed by atoms with Crippen molar-refractivity contribution in [3.05, 3.63) is 58.5 Å². The second-order valence-corrected chi connectivity index (χ2v) is 7.20. The van der Waals surface area contributed by atoms with Crippen molar-refractivity contribution in [2.75, 3.05) is 6.61 Å². The molecule has 3 rings (SSSR count). The molecule has 26 heavy (non-hydrogen) atoms. The minimum Gasteiger partial charge on any atom is -0.396 e. The first-order chi connectivity index (χ1) is 12.4. The van der Waals surface area contributed by atoms with Crippen LogP contribution in [0.15, 0.2) is 42.5 Å². The molecule has 0 radical (unpaired) electrons. The first kappa shape index (κ1) is 18.5. The van der Waals surface area contributed by atoms with Crippen molar-refractivity contribution in [1.82, 2.24) is 0 Å². The zero-order chi connectivity index (χ0) is 18.7. The Labute approximate surface area is 154 Å². The largest absolute Gasteiger partial charge is 0.416 e. The highest BCUT2D eigenvalue weighted by atomic mass is 32.1. The van der Waals surface area contributed by atoms with E-state index in [9.17, 15) is 13.2 Å². The minimum atomic E-state index is -4.33. The van der Waals surface area contributed by atoms with Crippen molar-refractivity contribution < 1.29 is 18.3 Å². The smallest absolute Gasteiger partial charge is 0.396 e. The van der Waals surface area contributed by atoms with Crippen molar-refractivity contribution in [3.63, 3.8) is 0 Å². The topological polar surface area (TPSA) is 20.2 Å². The van der Waals surface area contributed by atoms with Gasteiger partial charge in [0.1, 0.15) is 0 Å². The normalized spacial score (nSPS) is 11.4. The molecule has 0 aliphatic heterocycles. The number of rotatable bonds is 3. The Morgan fingerprint density at radius 1 is 1.08 bits per heavy atom. The summed E-state index contributed by atoms with van der Waals surface area (Å²) in [6, 6.07) is 11.2. The van der Waals surface area contributed by atoms with E-state index in [4.69, 9.17) is 5.11 Å². The van der Waals surface area contributed by atoms with Crippen LogP contribution in [-0.4, -0.2) is 11.7 Å². The number of halogens is 3. The van der Waals surface area contributed by atoms with E-state index in [2.05, 4.69) is 11.8 Å². The number of hydrogen-bond donors (Lipinski definition) is 1. The monoisotopic (exact) mass is 374 g/mol. The Bertz CT molecular complexity index is 973.